The number of rotatable bonds is 4. The van der Waals surface area contributed by atoms with Gasteiger partial charge in [-0.3, -0.25) is 9.67 Å². The number of hydrogen-bond acceptors (Lipinski definition) is 4. The van der Waals surface area contributed by atoms with Gasteiger partial charge >= 0.3 is 0 Å². The molecular formula is C16H31IN6O. The van der Waals surface area contributed by atoms with Gasteiger partial charge in [0, 0.05) is 44.5 Å². The highest BCUT2D eigenvalue weighted by Gasteiger charge is 2.27. The number of nitrogens with one attached hydrogen (secondary N) is 1. The Bertz CT molecular complexity index is 542. The highest BCUT2D eigenvalue weighted by Crippen LogP contribution is 2.21. The molecule has 0 bridgehead atoms. The fourth-order valence-corrected chi connectivity index (χ4v) is 2.44. The van der Waals surface area contributed by atoms with Gasteiger partial charge in [0.2, 0.25) is 0 Å². The van der Waals surface area contributed by atoms with Gasteiger partial charge in [-0.1, -0.05) is 0 Å². The van der Waals surface area contributed by atoms with Crippen molar-refractivity contribution in [1.29, 1.82) is 0 Å². The molecule has 1 aliphatic heterocycles. The lowest BCUT2D eigenvalue weighted by Crippen LogP contribution is -2.54. The van der Waals surface area contributed by atoms with Gasteiger partial charge in [0.1, 0.15) is 6.10 Å². The Morgan fingerprint density at radius 2 is 2.21 bits per heavy atom. The summed E-state index contributed by atoms with van der Waals surface area (Å²) in [6.45, 7) is 7.58. The van der Waals surface area contributed by atoms with Crippen LogP contribution < -0.4 is 5.32 Å². The maximum absolute atomic E-state index is 5.90. The molecule has 1 aliphatic rings. The van der Waals surface area contributed by atoms with Crippen LogP contribution in [0.4, 0.5) is 0 Å². The average Bonchev–Trinajstić information content (AvgIpc) is 2.94. The zero-order chi connectivity index (χ0) is 17.0. The largest absolute Gasteiger partial charge is 0.370 e. The van der Waals surface area contributed by atoms with Crippen LogP contribution in [-0.2, 0) is 11.8 Å². The van der Waals surface area contributed by atoms with Gasteiger partial charge in [-0.05, 0) is 27.9 Å². The Labute approximate surface area is 162 Å². The van der Waals surface area contributed by atoms with E-state index in [2.05, 4.69) is 53.2 Å². The first-order chi connectivity index (χ1) is 10.8. The summed E-state index contributed by atoms with van der Waals surface area (Å²) in [5.41, 5.74) is 1.17. The molecule has 138 valence electrons. The Hall–Kier alpha value is -0.870. The number of guanidine groups is 1. The zero-order valence-corrected chi connectivity index (χ0v) is 17.9. The van der Waals surface area contributed by atoms with Crippen molar-refractivity contribution in [2.24, 2.45) is 12.0 Å². The van der Waals surface area contributed by atoms with Gasteiger partial charge in [-0.25, -0.2) is 0 Å². The molecule has 7 nitrogen and oxygen atoms in total. The molecular weight excluding hydrogens is 419 g/mol. The van der Waals surface area contributed by atoms with Crippen LogP contribution in [0.15, 0.2) is 17.4 Å². The monoisotopic (exact) mass is 450 g/mol. The van der Waals surface area contributed by atoms with Gasteiger partial charge < -0.3 is 19.9 Å². The smallest absolute Gasteiger partial charge is 0.193 e. The average molecular weight is 450 g/mol. The molecule has 1 unspecified atom stereocenters. The fraction of sp³-hybridized carbons (Fsp3) is 0.750. The van der Waals surface area contributed by atoms with Gasteiger partial charge in [-0.2, -0.15) is 5.10 Å². The summed E-state index contributed by atoms with van der Waals surface area (Å²) in [5, 5.41) is 7.73. The summed E-state index contributed by atoms with van der Waals surface area (Å²) < 4.78 is 7.71. The fourth-order valence-electron chi connectivity index (χ4n) is 2.44. The molecule has 1 aromatic rings. The van der Waals surface area contributed by atoms with Crippen molar-refractivity contribution in [1.82, 2.24) is 24.9 Å². The molecule has 0 amide bonds. The Morgan fingerprint density at radius 3 is 2.75 bits per heavy atom. The van der Waals surface area contributed by atoms with E-state index in [1.807, 2.05) is 31.2 Å². The molecule has 0 radical (unpaired) electrons. The predicted octanol–water partition coefficient (Wildman–Crippen LogP) is 1.33. The Balaban J connectivity index is 0.00000288. The number of aromatic nitrogens is 2. The van der Waals surface area contributed by atoms with E-state index in [1.165, 1.54) is 0 Å². The third kappa shape index (κ3) is 5.32. The minimum Gasteiger partial charge on any atom is -0.370 e. The van der Waals surface area contributed by atoms with Crippen molar-refractivity contribution < 1.29 is 4.74 Å². The number of hydrogen-bond donors (Lipinski definition) is 1. The highest BCUT2D eigenvalue weighted by molar-refractivity contribution is 14.0. The molecule has 0 spiro atoms. The third-order valence-electron chi connectivity index (χ3n) is 4.56. The molecule has 0 saturated carbocycles. The number of aryl methyl sites for hydroxylation is 1. The van der Waals surface area contributed by atoms with E-state index >= 15 is 0 Å². The second kappa shape index (κ2) is 9.00. The SMILES string of the molecule is CN=C(NCC(C)(C)N(C)C)N1CCOC(c2cnn(C)c2)C1.I. The van der Waals surface area contributed by atoms with Crippen LogP contribution in [0.1, 0.15) is 25.5 Å². The number of halogens is 1. The van der Waals surface area contributed by atoms with Crippen LogP contribution in [0.3, 0.4) is 0 Å². The zero-order valence-electron chi connectivity index (χ0n) is 15.6. The molecule has 1 fully saturated rings. The predicted molar refractivity (Wildman–Crippen MR) is 108 cm³/mol. The van der Waals surface area contributed by atoms with Gasteiger partial charge in [-0.15, -0.1) is 24.0 Å². The summed E-state index contributed by atoms with van der Waals surface area (Å²) in [6, 6.07) is 0. The number of morpholine rings is 1. The molecule has 1 atom stereocenters. The van der Waals surface area contributed by atoms with E-state index in [1.54, 1.807) is 0 Å². The summed E-state index contributed by atoms with van der Waals surface area (Å²) in [6.07, 6.45) is 3.93. The third-order valence-corrected chi connectivity index (χ3v) is 4.56. The van der Waals surface area contributed by atoms with Crippen molar-refractivity contribution in [2.45, 2.75) is 25.5 Å². The Morgan fingerprint density at radius 1 is 1.50 bits per heavy atom. The van der Waals surface area contributed by atoms with Crippen molar-refractivity contribution >= 4 is 29.9 Å². The quantitative estimate of drug-likeness (QED) is 0.426. The van der Waals surface area contributed by atoms with Crippen LogP contribution in [0, 0.1) is 0 Å². The van der Waals surface area contributed by atoms with E-state index < -0.39 is 0 Å². The highest BCUT2D eigenvalue weighted by atomic mass is 127. The van der Waals surface area contributed by atoms with Crippen LogP contribution in [0.5, 0.6) is 0 Å². The molecule has 8 heteroatoms. The lowest BCUT2D eigenvalue weighted by Gasteiger charge is -2.37. The first-order valence-corrected chi connectivity index (χ1v) is 8.06. The number of likely N-dealkylation sites (N-methyl/N-ethyl adjacent to an activating group) is 1. The van der Waals surface area contributed by atoms with Gasteiger partial charge in [0.05, 0.1) is 19.3 Å². The number of nitrogens with zero attached hydrogens (tertiary/aromatic N) is 5. The summed E-state index contributed by atoms with van der Waals surface area (Å²) in [7, 11) is 7.95. The van der Waals surface area contributed by atoms with E-state index in [0.29, 0.717) is 6.61 Å². The summed E-state index contributed by atoms with van der Waals surface area (Å²) in [5.74, 6) is 0.928. The summed E-state index contributed by atoms with van der Waals surface area (Å²) in [4.78, 5) is 8.91. The molecule has 0 aromatic carbocycles. The maximum atomic E-state index is 5.90. The summed E-state index contributed by atoms with van der Waals surface area (Å²) >= 11 is 0. The van der Waals surface area contributed by atoms with Gasteiger partial charge in [0.15, 0.2) is 5.96 Å². The lowest BCUT2D eigenvalue weighted by molar-refractivity contribution is -0.00822. The van der Waals surface area contributed by atoms with E-state index in [0.717, 1.165) is 31.2 Å². The van der Waals surface area contributed by atoms with Crippen molar-refractivity contribution in [3.63, 3.8) is 0 Å². The molecule has 2 heterocycles. The molecule has 0 aliphatic carbocycles. The van der Waals surface area contributed by atoms with E-state index in [-0.39, 0.29) is 35.6 Å². The second-order valence-corrected chi connectivity index (χ2v) is 6.86. The minimum atomic E-state index is 0. The molecule has 24 heavy (non-hydrogen) atoms. The van der Waals surface area contributed by atoms with E-state index in [4.69, 9.17) is 4.74 Å². The molecule has 2 rings (SSSR count). The molecule has 1 saturated heterocycles. The van der Waals surface area contributed by atoms with Gasteiger partial charge in [0.25, 0.3) is 0 Å². The van der Waals surface area contributed by atoms with Crippen molar-refractivity contribution in [2.75, 3.05) is 47.4 Å². The first kappa shape index (κ1) is 21.2. The van der Waals surface area contributed by atoms with E-state index in [9.17, 15) is 0 Å². The number of ether oxygens (including phenoxy) is 1. The maximum Gasteiger partial charge on any atom is 0.193 e. The minimum absolute atomic E-state index is 0. The van der Waals surface area contributed by atoms with Crippen LogP contribution in [-0.4, -0.2) is 78.5 Å². The lowest BCUT2D eigenvalue weighted by atomic mass is 10.0. The second-order valence-electron chi connectivity index (χ2n) is 6.86. The molecule has 1 N–H and O–H groups in total. The topological polar surface area (TPSA) is 57.9 Å². The van der Waals surface area contributed by atoms with Crippen LogP contribution in [0.2, 0.25) is 0 Å². The van der Waals surface area contributed by atoms with Crippen LogP contribution >= 0.6 is 24.0 Å². The number of aliphatic imine (C=N–C) groups is 1. The molecule has 1 aromatic heterocycles. The van der Waals surface area contributed by atoms with Crippen molar-refractivity contribution in [3.05, 3.63) is 18.0 Å². The standard InChI is InChI=1S/C16H30N6O.HI/c1-16(2,20(4)5)12-18-15(17-3)22-7-8-23-14(11-22)13-9-19-21(6)10-13;/h9-10,14H,7-8,11-12H2,1-6H3,(H,17,18);1H. The van der Waals surface area contributed by atoms with Crippen molar-refractivity contribution in [3.8, 4) is 0 Å². The Kier molecular flexibility index (Phi) is 7.94. The first-order valence-electron chi connectivity index (χ1n) is 8.06. The van der Waals surface area contributed by atoms with Crippen LogP contribution in [0.25, 0.3) is 0 Å². The normalized spacial score (nSPS) is 19.4.